The molecule has 2 aromatic rings. The van der Waals surface area contributed by atoms with E-state index < -0.39 is 0 Å². The maximum atomic E-state index is 3.47. The van der Waals surface area contributed by atoms with Crippen LogP contribution in [0.2, 0.25) is 0 Å². The molecule has 0 saturated heterocycles. The number of hydrogen-bond donors (Lipinski definition) is 1. The highest BCUT2D eigenvalue weighted by molar-refractivity contribution is 8.00. The van der Waals surface area contributed by atoms with Gasteiger partial charge in [0, 0.05) is 10.9 Å². The zero-order valence-corrected chi connectivity index (χ0v) is 10.3. The molecule has 1 nitrogen and oxygen atoms in total. The second-order valence-electron chi connectivity index (χ2n) is 3.35. The Kier molecular flexibility index (Phi) is 2.79. The van der Waals surface area contributed by atoms with Gasteiger partial charge in [-0.3, -0.25) is 0 Å². The van der Waals surface area contributed by atoms with Crippen LogP contribution in [-0.2, 0) is 10.9 Å². The van der Waals surface area contributed by atoms with E-state index in [1.165, 1.54) is 20.8 Å². The van der Waals surface area contributed by atoms with Crippen LogP contribution in [0.1, 0.15) is 0 Å². The Morgan fingerprint density at radius 3 is 2.57 bits per heavy atom. The monoisotopic (exact) mass is 224 g/mol. The zero-order chi connectivity index (χ0) is 10.1. The van der Waals surface area contributed by atoms with Crippen LogP contribution >= 0.6 is 11.8 Å². The molecule has 1 N–H and O–H groups in total. The van der Waals surface area contributed by atoms with Crippen molar-refractivity contribution in [2.24, 2.45) is 0 Å². The Morgan fingerprint density at radius 1 is 1.21 bits per heavy atom. The van der Waals surface area contributed by atoms with Gasteiger partial charge in [0.2, 0.25) is 0 Å². The quantitative estimate of drug-likeness (QED) is 0.612. The van der Waals surface area contributed by atoms with Crippen molar-refractivity contribution in [1.82, 2.24) is 4.98 Å². The number of benzene rings is 1. The van der Waals surface area contributed by atoms with E-state index in [-0.39, 0.29) is 0 Å². The predicted molar refractivity (Wildman–Crippen MR) is 67.6 cm³/mol. The average molecular weight is 224 g/mol. The van der Waals surface area contributed by atoms with Crippen LogP contribution in [-0.4, -0.2) is 23.8 Å². The smallest absolute Gasteiger partial charge is 0.193 e. The molecule has 74 valence electrons. The minimum atomic E-state index is 0.314. The molecule has 0 saturated carbocycles. The number of aromatic nitrogens is 1. The van der Waals surface area contributed by atoms with E-state index in [1.54, 1.807) is 11.8 Å². The van der Waals surface area contributed by atoms with Gasteiger partial charge in [0.05, 0.1) is 10.9 Å². The molecule has 0 bridgehead atoms. The summed E-state index contributed by atoms with van der Waals surface area (Å²) in [5, 5.41) is 2.70. The summed E-state index contributed by atoms with van der Waals surface area (Å²) >= 11 is 1.80. The topological polar surface area (TPSA) is 15.8 Å². The molecule has 0 radical (unpaired) electrons. The summed E-state index contributed by atoms with van der Waals surface area (Å²) in [6, 6.07) is 8.53. The van der Waals surface area contributed by atoms with Crippen LogP contribution in [0.25, 0.3) is 10.9 Å². The highest BCUT2D eigenvalue weighted by atomic mass is 32.2. The Balaban J connectivity index is 2.74. The summed E-state index contributed by atoms with van der Waals surface area (Å²) in [5.41, 5.74) is 1.26. The maximum absolute atomic E-state index is 3.47. The first-order chi connectivity index (χ1) is 6.74. The first-order valence-electron chi connectivity index (χ1n) is 4.46. The fraction of sp³-hybridized carbons (Fsp3) is 0.273. The van der Waals surface area contributed by atoms with Crippen molar-refractivity contribution in [2.45, 2.75) is 9.92 Å². The van der Waals surface area contributed by atoms with Crippen molar-refractivity contribution in [3.05, 3.63) is 24.3 Å². The van der Waals surface area contributed by atoms with Crippen molar-refractivity contribution in [3.63, 3.8) is 0 Å². The Hall–Kier alpha value is -0.540. The molecule has 0 fully saturated rings. The average Bonchev–Trinajstić information content (AvgIpc) is 2.55. The van der Waals surface area contributed by atoms with E-state index in [0.29, 0.717) is 10.9 Å². The first kappa shape index (κ1) is 9.99. The molecule has 2 rings (SSSR count). The summed E-state index contributed by atoms with van der Waals surface area (Å²) in [5.74, 6) is 0. The third-order valence-corrected chi connectivity index (χ3v) is 4.32. The minimum Gasteiger partial charge on any atom is -0.345 e. The number of nitrogens with one attached hydrogen (secondary N) is 1. The molecule has 3 heteroatoms. The van der Waals surface area contributed by atoms with Gasteiger partial charge < -0.3 is 4.98 Å². The Labute approximate surface area is 91.6 Å². The zero-order valence-electron chi connectivity index (χ0n) is 8.63. The molecule has 0 amide bonds. The van der Waals surface area contributed by atoms with E-state index in [4.69, 9.17) is 0 Å². The van der Waals surface area contributed by atoms with Crippen molar-refractivity contribution in [2.75, 3.05) is 18.8 Å². The number of fused-ring (bicyclic) bond motifs is 1. The molecule has 1 aromatic heterocycles. The van der Waals surface area contributed by atoms with Crippen molar-refractivity contribution < 1.29 is 0 Å². The van der Waals surface area contributed by atoms with Crippen LogP contribution in [0.5, 0.6) is 0 Å². The van der Waals surface area contributed by atoms with Gasteiger partial charge >= 0.3 is 0 Å². The number of rotatable bonds is 2. The highest BCUT2D eigenvalue weighted by Gasteiger charge is 2.20. The van der Waals surface area contributed by atoms with E-state index in [1.807, 2.05) is 0 Å². The van der Waals surface area contributed by atoms with Crippen molar-refractivity contribution >= 4 is 33.6 Å². The molecule has 0 atom stereocenters. The lowest BCUT2D eigenvalue weighted by Crippen LogP contribution is -1.95. The van der Waals surface area contributed by atoms with E-state index in [0.717, 1.165) is 0 Å². The maximum Gasteiger partial charge on any atom is 0.193 e. The normalized spacial score (nSPS) is 11.4. The number of hydrogen-bond acceptors (Lipinski definition) is 1. The van der Waals surface area contributed by atoms with Crippen LogP contribution in [0.3, 0.4) is 0 Å². The predicted octanol–water partition coefficient (Wildman–Crippen LogP) is 3.13. The van der Waals surface area contributed by atoms with Crippen LogP contribution in [0.15, 0.2) is 34.2 Å². The van der Waals surface area contributed by atoms with Gasteiger partial charge in [-0.15, -0.1) is 11.8 Å². The summed E-state index contributed by atoms with van der Waals surface area (Å²) in [4.78, 5) is 4.94. The highest BCUT2D eigenvalue weighted by Crippen LogP contribution is 2.31. The van der Waals surface area contributed by atoms with Gasteiger partial charge in [-0.1, -0.05) is 12.1 Å². The van der Waals surface area contributed by atoms with E-state index >= 15 is 0 Å². The van der Waals surface area contributed by atoms with E-state index in [9.17, 15) is 0 Å². The Bertz CT molecular complexity index is 445. The van der Waals surface area contributed by atoms with Gasteiger partial charge in [-0.05, 0) is 18.4 Å². The number of aromatic amines is 1. The number of H-pyrrole nitrogens is 1. The second-order valence-corrected chi connectivity index (χ2v) is 6.21. The van der Waals surface area contributed by atoms with Gasteiger partial charge in [0.15, 0.2) is 4.90 Å². The second kappa shape index (κ2) is 3.91. The number of para-hydroxylation sites is 1. The lowest BCUT2D eigenvalue weighted by molar-refractivity contribution is 1.15. The molecular formula is C11H14NS2+. The molecule has 0 spiro atoms. The van der Waals surface area contributed by atoms with E-state index in [2.05, 4.69) is 48.0 Å². The van der Waals surface area contributed by atoms with Crippen molar-refractivity contribution in [1.29, 1.82) is 0 Å². The van der Waals surface area contributed by atoms with Crippen LogP contribution in [0, 0.1) is 0 Å². The molecular weight excluding hydrogens is 210 g/mol. The lowest BCUT2D eigenvalue weighted by atomic mass is 10.2. The van der Waals surface area contributed by atoms with Gasteiger partial charge in [-0.2, -0.15) is 0 Å². The largest absolute Gasteiger partial charge is 0.345 e. The van der Waals surface area contributed by atoms with Gasteiger partial charge in [0.25, 0.3) is 0 Å². The lowest BCUT2D eigenvalue weighted by Gasteiger charge is -1.96. The summed E-state index contributed by atoms with van der Waals surface area (Å²) in [7, 11) is 0.314. The van der Waals surface area contributed by atoms with Crippen molar-refractivity contribution in [3.8, 4) is 0 Å². The molecule has 0 unspecified atom stereocenters. The first-order valence-corrected chi connectivity index (χ1v) is 7.73. The van der Waals surface area contributed by atoms with Gasteiger partial charge in [-0.25, -0.2) is 0 Å². The fourth-order valence-electron chi connectivity index (χ4n) is 1.64. The van der Waals surface area contributed by atoms with Crippen LogP contribution in [0.4, 0.5) is 0 Å². The SMILES string of the molecule is CSc1[nH]c2ccccc2c1[S+](C)C. The Morgan fingerprint density at radius 2 is 1.93 bits per heavy atom. The summed E-state index contributed by atoms with van der Waals surface area (Å²) in [6.07, 6.45) is 6.67. The molecule has 1 heterocycles. The van der Waals surface area contributed by atoms with Crippen LogP contribution < -0.4 is 0 Å². The molecule has 1 aromatic carbocycles. The molecule has 0 aliphatic heterocycles. The fourth-order valence-corrected chi connectivity index (χ4v) is 3.94. The minimum absolute atomic E-state index is 0.314. The standard InChI is InChI=1S/C11H14NS2/c1-13-11-10(14(2)3)8-6-4-5-7-9(8)12-11/h4-7,12H,1-3H3/q+1. The third-order valence-electron chi connectivity index (χ3n) is 2.24. The number of thioether (sulfide) groups is 1. The third kappa shape index (κ3) is 1.55. The summed E-state index contributed by atoms with van der Waals surface area (Å²) in [6.45, 7) is 0. The molecule has 0 aliphatic rings. The molecule has 0 aliphatic carbocycles. The van der Waals surface area contributed by atoms with Gasteiger partial charge in [0.1, 0.15) is 17.5 Å². The molecule has 14 heavy (non-hydrogen) atoms. The summed E-state index contributed by atoms with van der Waals surface area (Å²) < 4.78 is 0.